The minimum absolute atomic E-state index is 0.303. The maximum Gasteiger partial charge on any atom is 0.416 e. The van der Waals surface area contributed by atoms with Gasteiger partial charge >= 0.3 is 6.18 Å². The lowest BCUT2D eigenvalue weighted by molar-refractivity contribution is -0.138. The summed E-state index contributed by atoms with van der Waals surface area (Å²) < 4.78 is 52.0. The van der Waals surface area contributed by atoms with Crippen molar-refractivity contribution in [3.05, 3.63) is 64.7 Å². The number of rotatable bonds is 2. The molecule has 1 aromatic carbocycles. The van der Waals surface area contributed by atoms with Gasteiger partial charge in [0.05, 0.1) is 11.6 Å². The fourth-order valence-corrected chi connectivity index (χ4v) is 1.89. The summed E-state index contributed by atoms with van der Waals surface area (Å²) in [5.74, 6) is -0.761. The highest BCUT2D eigenvalue weighted by atomic mass is 19.4. The van der Waals surface area contributed by atoms with Crippen LogP contribution in [0, 0.1) is 12.7 Å². The van der Waals surface area contributed by atoms with Gasteiger partial charge in [-0.3, -0.25) is 4.98 Å². The number of aromatic nitrogens is 1. The summed E-state index contributed by atoms with van der Waals surface area (Å²) in [6, 6.07) is 4.42. The average Bonchev–Trinajstić information content (AvgIpc) is 2.37. The van der Waals surface area contributed by atoms with Gasteiger partial charge in [-0.15, -0.1) is 0 Å². The second-order valence-corrected chi connectivity index (χ2v) is 4.44. The zero-order valence-electron chi connectivity index (χ0n) is 10.6. The van der Waals surface area contributed by atoms with Gasteiger partial charge in [0, 0.05) is 11.9 Å². The van der Waals surface area contributed by atoms with Crippen molar-refractivity contribution < 1.29 is 17.6 Å². The van der Waals surface area contributed by atoms with E-state index in [2.05, 4.69) is 4.98 Å². The monoisotopic (exact) mass is 284 g/mol. The van der Waals surface area contributed by atoms with Gasteiger partial charge in [0.1, 0.15) is 5.82 Å². The summed E-state index contributed by atoms with van der Waals surface area (Å²) in [7, 11) is 0. The van der Waals surface area contributed by atoms with Crippen LogP contribution >= 0.6 is 0 Å². The SMILES string of the molecule is Cc1ccc(C(N)c2cc(F)ccc2C(F)(F)F)cn1. The Kier molecular flexibility index (Phi) is 3.76. The van der Waals surface area contributed by atoms with Crippen molar-refractivity contribution in [2.24, 2.45) is 5.73 Å². The number of halogens is 4. The molecule has 6 heteroatoms. The molecule has 0 saturated carbocycles. The number of benzene rings is 1. The summed E-state index contributed by atoms with van der Waals surface area (Å²) in [5, 5.41) is 0. The Labute approximate surface area is 113 Å². The molecule has 2 nitrogen and oxygen atoms in total. The van der Waals surface area contributed by atoms with E-state index in [0.29, 0.717) is 11.6 Å². The first-order chi connectivity index (χ1) is 9.29. The van der Waals surface area contributed by atoms with Crippen LogP contribution in [-0.4, -0.2) is 4.98 Å². The van der Waals surface area contributed by atoms with E-state index in [1.165, 1.54) is 6.20 Å². The second-order valence-electron chi connectivity index (χ2n) is 4.44. The highest BCUT2D eigenvalue weighted by Gasteiger charge is 2.35. The van der Waals surface area contributed by atoms with Crippen LogP contribution in [0.4, 0.5) is 17.6 Å². The number of hydrogen-bond acceptors (Lipinski definition) is 2. The highest BCUT2D eigenvalue weighted by molar-refractivity contribution is 5.38. The van der Waals surface area contributed by atoms with Crippen LogP contribution in [0.1, 0.15) is 28.4 Å². The van der Waals surface area contributed by atoms with Crippen LogP contribution in [0.25, 0.3) is 0 Å². The maximum atomic E-state index is 13.2. The molecule has 1 atom stereocenters. The van der Waals surface area contributed by atoms with Crippen LogP contribution in [0.15, 0.2) is 36.5 Å². The van der Waals surface area contributed by atoms with Crippen molar-refractivity contribution in [1.29, 1.82) is 0 Å². The Hall–Kier alpha value is -1.95. The van der Waals surface area contributed by atoms with Crippen molar-refractivity contribution in [3.63, 3.8) is 0 Å². The number of aryl methyl sites for hydroxylation is 1. The molecule has 0 aliphatic carbocycles. The van der Waals surface area contributed by atoms with Crippen LogP contribution < -0.4 is 5.73 Å². The molecule has 2 aromatic rings. The predicted molar refractivity (Wildman–Crippen MR) is 66.4 cm³/mol. The Morgan fingerprint density at radius 3 is 2.40 bits per heavy atom. The molecule has 0 bridgehead atoms. The fraction of sp³-hybridized carbons (Fsp3) is 0.214. The summed E-state index contributed by atoms with van der Waals surface area (Å²) in [6.07, 6.45) is -3.19. The van der Waals surface area contributed by atoms with Gasteiger partial charge in [0.2, 0.25) is 0 Å². The predicted octanol–water partition coefficient (Wildman–Crippen LogP) is 3.60. The van der Waals surface area contributed by atoms with E-state index in [-0.39, 0.29) is 5.56 Å². The standard InChI is InChI=1S/C14H12F4N2/c1-8-2-3-9(7-20-8)13(19)11-6-10(15)4-5-12(11)14(16,17)18/h2-7,13H,19H2,1H3. The first kappa shape index (κ1) is 14.5. The molecule has 0 fully saturated rings. The topological polar surface area (TPSA) is 38.9 Å². The zero-order valence-corrected chi connectivity index (χ0v) is 10.6. The fourth-order valence-electron chi connectivity index (χ4n) is 1.89. The van der Waals surface area contributed by atoms with Gasteiger partial charge in [-0.05, 0) is 42.3 Å². The molecule has 0 saturated heterocycles. The lowest BCUT2D eigenvalue weighted by atomic mass is 9.95. The smallest absolute Gasteiger partial charge is 0.320 e. The minimum atomic E-state index is -4.58. The number of pyridine rings is 1. The largest absolute Gasteiger partial charge is 0.416 e. The molecule has 1 heterocycles. The third-order valence-corrected chi connectivity index (χ3v) is 2.95. The third-order valence-electron chi connectivity index (χ3n) is 2.95. The molecule has 0 radical (unpaired) electrons. The van der Waals surface area contributed by atoms with Gasteiger partial charge in [0.15, 0.2) is 0 Å². The van der Waals surface area contributed by atoms with Gasteiger partial charge < -0.3 is 5.73 Å². The van der Waals surface area contributed by atoms with Gasteiger partial charge in [-0.1, -0.05) is 6.07 Å². The molecule has 20 heavy (non-hydrogen) atoms. The first-order valence-electron chi connectivity index (χ1n) is 5.84. The number of hydrogen-bond donors (Lipinski definition) is 1. The van der Waals surface area contributed by atoms with Crippen molar-refractivity contribution in [1.82, 2.24) is 4.98 Å². The number of alkyl halides is 3. The molecule has 1 aromatic heterocycles. The van der Waals surface area contributed by atoms with E-state index in [0.717, 1.165) is 17.8 Å². The minimum Gasteiger partial charge on any atom is -0.320 e. The summed E-state index contributed by atoms with van der Waals surface area (Å²) in [5.41, 5.74) is 5.70. The van der Waals surface area contributed by atoms with E-state index in [9.17, 15) is 17.6 Å². The van der Waals surface area contributed by atoms with Crippen LogP contribution in [-0.2, 0) is 6.18 Å². The molecular weight excluding hydrogens is 272 g/mol. The van der Waals surface area contributed by atoms with Crippen LogP contribution in [0.2, 0.25) is 0 Å². The Balaban J connectivity index is 2.50. The van der Waals surface area contributed by atoms with Gasteiger partial charge in [-0.2, -0.15) is 13.2 Å². The van der Waals surface area contributed by atoms with E-state index in [1.807, 2.05) is 0 Å². The van der Waals surface area contributed by atoms with E-state index < -0.39 is 23.6 Å². The summed E-state index contributed by atoms with van der Waals surface area (Å²) in [6.45, 7) is 1.75. The van der Waals surface area contributed by atoms with E-state index in [4.69, 9.17) is 5.73 Å². The Morgan fingerprint density at radius 1 is 1.15 bits per heavy atom. The molecule has 0 amide bonds. The van der Waals surface area contributed by atoms with E-state index in [1.54, 1.807) is 19.1 Å². The third kappa shape index (κ3) is 2.96. The van der Waals surface area contributed by atoms with Crippen LogP contribution in [0.5, 0.6) is 0 Å². The van der Waals surface area contributed by atoms with Crippen molar-refractivity contribution in [2.45, 2.75) is 19.1 Å². The second kappa shape index (κ2) is 5.20. The van der Waals surface area contributed by atoms with E-state index >= 15 is 0 Å². The van der Waals surface area contributed by atoms with Gasteiger partial charge in [-0.25, -0.2) is 4.39 Å². The average molecular weight is 284 g/mol. The Morgan fingerprint density at radius 2 is 1.85 bits per heavy atom. The summed E-state index contributed by atoms with van der Waals surface area (Å²) >= 11 is 0. The molecule has 2 N–H and O–H groups in total. The van der Waals surface area contributed by atoms with Crippen molar-refractivity contribution in [2.75, 3.05) is 0 Å². The molecule has 0 aliphatic heterocycles. The molecule has 1 unspecified atom stereocenters. The summed E-state index contributed by atoms with van der Waals surface area (Å²) in [4.78, 5) is 3.98. The van der Waals surface area contributed by atoms with Crippen LogP contribution in [0.3, 0.4) is 0 Å². The zero-order chi connectivity index (χ0) is 14.9. The van der Waals surface area contributed by atoms with Crippen molar-refractivity contribution >= 4 is 0 Å². The van der Waals surface area contributed by atoms with Crippen molar-refractivity contribution in [3.8, 4) is 0 Å². The molecule has 0 spiro atoms. The maximum absolute atomic E-state index is 13.2. The normalized spacial score (nSPS) is 13.3. The Bertz CT molecular complexity index is 606. The molecular formula is C14H12F4N2. The van der Waals surface area contributed by atoms with Gasteiger partial charge in [0.25, 0.3) is 0 Å². The lowest BCUT2D eigenvalue weighted by Gasteiger charge is -2.18. The lowest BCUT2D eigenvalue weighted by Crippen LogP contribution is -2.19. The molecule has 2 rings (SSSR count). The highest BCUT2D eigenvalue weighted by Crippen LogP contribution is 2.36. The number of nitrogens with two attached hydrogens (primary N) is 1. The molecule has 0 aliphatic rings. The first-order valence-corrected chi connectivity index (χ1v) is 5.84. The quantitative estimate of drug-likeness (QED) is 0.856. The number of nitrogens with zero attached hydrogens (tertiary/aromatic N) is 1. The molecule has 106 valence electrons.